The Morgan fingerprint density at radius 2 is 1.59 bits per heavy atom. The topological polar surface area (TPSA) is 90.2 Å². The van der Waals surface area contributed by atoms with Gasteiger partial charge >= 0.3 is 0 Å². The molecule has 0 radical (unpaired) electrons. The van der Waals surface area contributed by atoms with Crippen LogP contribution in [0.1, 0.15) is 16.7 Å². The van der Waals surface area contributed by atoms with Crippen molar-refractivity contribution in [3.8, 4) is 0 Å². The Labute approximate surface area is 248 Å². The minimum Gasteiger partial charge on any atom is -0.366 e. The molecule has 218 valence electrons. The Morgan fingerprint density at radius 3 is 2.27 bits per heavy atom. The zero-order valence-electron chi connectivity index (χ0n) is 23.5. The zero-order valence-corrected chi connectivity index (χ0v) is 25.0. The third-order valence-corrected chi connectivity index (χ3v) is 9.48. The molecule has 1 atom stereocenters. The monoisotopic (exact) mass is 595 g/mol. The molecule has 2 N–H and O–H groups in total. The molecule has 0 spiro atoms. The van der Waals surface area contributed by atoms with Crippen LogP contribution in [-0.4, -0.2) is 82.2 Å². The number of hydrogen-bond acceptors (Lipinski definition) is 6. The van der Waals surface area contributed by atoms with Crippen molar-refractivity contribution >= 4 is 38.9 Å². The van der Waals surface area contributed by atoms with E-state index in [0.29, 0.717) is 43.3 Å². The number of rotatable bonds is 9. The molecule has 2 heterocycles. The number of nitrogens with two attached hydrogens (primary N) is 1. The van der Waals surface area contributed by atoms with Crippen molar-refractivity contribution in [2.24, 2.45) is 5.73 Å². The number of halogens is 1. The standard InChI is InChI=1S/C31H38ClN5O3S/c1-41(39,40)37(17-15-33)29-9-5-4-8-28(29)34-18-20-35(21-19-34)31(38)30(22-24-10-12-27(32)13-11-24)36-16-14-25-6-2-3-7-26(25)23-36/h2-13,30H,14-23,33H2,1H3/t30-/m1/s1. The largest absolute Gasteiger partial charge is 0.366 e. The fraction of sp³-hybridized carbons (Fsp3) is 0.387. The highest BCUT2D eigenvalue weighted by molar-refractivity contribution is 7.92. The van der Waals surface area contributed by atoms with Crippen LogP contribution >= 0.6 is 11.6 Å². The number of benzene rings is 3. The highest BCUT2D eigenvalue weighted by Gasteiger charge is 2.34. The molecule has 5 rings (SSSR count). The van der Waals surface area contributed by atoms with Crippen LogP contribution < -0.4 is 14.9 Å². The number of piperazine rings is 1. The average molecular weight is 596 g/mol. The van der Waals surface area contributed by atoms with Crippen LogP contribution in [0.5, 0.6) is 0 Å². The number of carbonyl (C=O) groups is 1. The smallest absolute Gasteiger partial charge is 0.240 e. The summed E-state index contributed by atoms with van der Waals surface area (Å²) in [5, 5.41) is 0.681. The highest BCUT2D eigenvalue weighted by Crippen LogP contribution is 2.32. The Bertz CT molecular complexity index is 1460. The molecule has 3 aromatic rings. The van der Waals surface area contributed by atoms with Crippen LogP contribution in [-0.2, 0) is 34.2 Å². The fourth-order valence-corrected chi connectivity index (χ4v) is 6.98. The molecule has 1 fully saturated rings. The molecule has 3 aromatic carbocycles. The van der Waals surface area contributed by atoms with Crippen LogP contribution in [0, 0.1) is 0 Å². The van der Waals surface area contributed by atoms with Gasteiger partial charge in [0.2, 0.25) is 15.9 Å². The Morgan fingerprint density at radius 1 is 0.927 bits per heavy atom. The van der Waals surface area contributed by atoms with E-state index in [2.05, 4.69) is 34.1 Å². The molecule has 0 saturated carbocycles. The van der Waals surface area contributed by atoms with E-state index in [9.17, 15) is 13.2 Å². The van der Waals surface area contributed by atoms with E-state index in [1.807, 2.05) is 53.4 Å². The lowest BCUT2D eigenvalue weighted by molar-refractivity contribution is -0.137. The number of nitrogens with zero attached hydrogens (tertiary/aromatic N) is 4. The van der Waals surface area contributed by atoms with Gasteiger partial charge in [0.15, 0.2) is 0 Å². The molecule has 0 aliphatic carbocycles. The summed E-state index contributed by atoms with van der Waals surface area (Å²) < 4.78 is 26.5. The maximum absolute atomic E-state index is 14.2. The number of hydrogen-bond donors (Lipinski definition) is 1. The minimum absolute atomic E-state index is 0.133. The van der Waals surface area contributed by atoms with Crippen LogP contribution in [0.25, 0.3) is 0 Å². The van der Waals surface area contributed by atoms with Gasteiger partial charge in [-0.25, -0.2) is 8.42 Å². The number of amides is 1. The SMILES string of the molecule is CS(=O)(=O)N(CCN)c1ccccc1N1CCN(C(=O)[C@@H](Cc2ccc(Cl)cc2)N2CCc3ccccc3C2)CC1. The zero-order chi connectivity index (χ0) is 29.0. The van der Waals surface area contributed by atoms with E-state index in [0.717, 1.165) is 30.8 Å². The van der Waals surface area contributed by atoms with Crippen molar-refractivity contribution in [3.05, 3.63) is 94.5 Å². The summed E-state index contributed by atoms with van der Waals surface area (Å²) in [6.45, 7) is 4.35. The Balaban J connectivity index is 1.34. The molecule has 2 aliphatic rings. The first-order valence-electron chi connectivity index (χ1n) is 14.1. The van der Waals surface area contributed by atoms with Gasteiger partial charge in [-0.3, -0.25) is 14.0 Å². The lowest BCUT2D eigenvalue weighted by atomic mass is 9.95. The number of carbonyl (C=O) groups excluding carboxylic acids is 1. The first kappa shape index (κ1) is 29.4. The van der Waals surface area contributed by atoms with Crippen LogP contribution in [0.3, 0.4) is 0 Å². The van der Waals surface area contributed by atoms with Gasteiger partial charge in [-0.2, -0.15) is 0 Å². The maximum atomic E-state index is 14.2. The van der Waals surface area contributed by atoms with Gasteiger partial charge in [0, 0.05) is 57.4 Å². The average Bonchev–Trinajstić information content (AvgIpc) is 2.98. The lowest BCUT2D eigenvalue weighted by Gasteiger charge is -2.42. The van der Waals surface area contributed by atoms with Gasteiger partial charge in [-0.05, 0) is 53.8 Å². The predicted molar refractivity (Wildman–Crippen MR) is 166 cm³/mol. The summed E-state index contributed by atoms with van der Waals surface area (Å²) >= 11 is 6.14. The summed E-state index contributed by atoms with van der Waals surface area (Å²) in [5.74, 6) is 0.133. The third kappa shape index (κ3) is 6.86. The van der Waals surface area contributed by atoms with Crippen molar-refractivity contribution in [2.45, 2.75) is 25.4 Å². The van der Waals surface area contributed by atoms with Crippen molar-refractivity contribution < 1.29 is 13.2 Å². The molecule has 2 aliphatic heterocycles. The van der Waals surface area contributed by atoms with Crippen molar-refractivity contribution in [1.29, 1.82) is 0 Å². The minimum atomic E-state index is -3.49. The molecular weight excluding hydrogens is 558 g/mol. The molecular formula is C31H38ClN5O3S. The van der Waals surface area contributed by atoms with Crippen molar-refractivity contribution in [1.82, 2.24) is 9.80 Å². The third-order valence-electron chi connectivity index (χ3n) is 8.04. The van der Waals surface area contributed by atoms with E-state index in [1.165, 1.54) is 21.7 Å². The fourth-order valence-electron chi connectivity index (χ4n) is 5.90. The number of fused-ring (bicyclic) bond motifs is 1. The van der Waals surface area contributed by atoms with E-state index in [4.69, 9.17) is 17.3 Å². The number of sulfonamides is 1. The predicted octanol–water partition coefficient (Wildman–Crippen LogP) is 3.38. The highest BCUT2D eigenvalue weighted by atomic mass is 35.5. The second-order valence-corrected chi connectivity index (χ2v) is 13.1. The van der Waals surface area contributed by atoms with Crippen LogP contribution in [0.15, 0.2) is 72.8 Å². The van der Waals surface area contributed by atoms with Gasteiger partial charge in [0.1, 0.15) is 0 Å². The second-order valence-electron chi connectivity index (χ2n) is 10.8. The number of para-hydroxylation sites is 2. The first-order chi connectivity index (χ1) is 19.7. The van der Waals surface area contributed by atoms with Crippen molar-refractivity contribution in [2.75, 3.05) is 61.3 Å². The van der Waals surface area contributed by atoms with Crippen LogP contribution in [0.2, 0.25) is 5.02 Å². The first-order valence-corrected chi connectivity index (χ1v) is 16.3. The van der Waals surface area contributed by atoms with Gasteiger partial charge < -0.3 is 15.5 Å². The molecule has 1 amide bonds. The molecule has 41 heavy (non-hydrogen) atoms. The summed E-state index contributed by atoms with van der Waals surface area (Å²) in [4.78, 5) is 20.6. The molecule has 0 aromatic heterocycles. The molecule has 0 unspecified atom stereocenters. The second kappa shape index (κ2) is 12.8. The van der Waals surface area contributed by atoms with Gasteiger partial charge in [-0.1, -0.05) is 60.1 Å². The Kier molecular flexibility index (Phi) is 9.19. The summed E-state index contributed by atoms with van der Waals surface area (Å²) in [6, 6.07) is 23.5. The normalized spacial score (nSPS) is 16.8. The van der Waals surface area contributed by atoms with Crippen LogP contribution in [0.4, 0.5) is 11.4 Å². The van der Waals surface area contributed by atoms with Crippen molar-refractivity contribution in [3.63, 3.8) is 0 Å². The summed E-state index contributed by atoms with van der Waals surface area (Å²) in [5.41, 5.74) is 10.9. The van der Waals surface area contributed by atoms with E-state index in [1.54, 1.807) is 0 Å². The molecule has 8 nitrogen and oxygen atoms in total. The maximum Gasteiger partial charge on any atom is 0.240 e. The molecule has 10 heteroatoms. The lowest BCUT2D eigenvalue weighted by Crippen LogP contribution is -2.56. The van der Waals surface area contributed by atoms with E-state index >= 15 is 0 Å². The summed E-state index contributed by atoms with van der Waals surface area (Å²) in [6.07, 6.45) is 2.74. The number of anilines is 2. The Hall–Kier alpha value is -3.11. The van der Waals surface area contributed by atoms with Gasteiger partial charge in [0.05, 0.1) is 23.7 Å². The molecule has 0 bridgehead atoms. The van der Waals surface area contributed by atoms with Gasteiger partial charge in [-0.15, -0.1) is 0 Å². The van der Waals surface area contributed by atoms with Gasteiger partial charge in [0.25, 0.3) is 0 Å². The van der Waals surface area contributed by atoms with E-state index in [-0.39, 0.29) is 25.0 Å². The summed E-state index contributed by atoms with van der Waals surface area (Å²) in [7, 11) is -3.49. The quantitative estimate of drug-likeness (QED) is 0.408. The molecule has 1 saturated heterocycles. The van der Waals surface area contributed by atoms with E-state index < -0.39 is 10.0 Å².